The van der Waals surface area contributed by atoms with Crippen LogP contribution in [0, 0.1) is 0 Å². The molecule has 0 saturated carbocycles. The maximum absolute atomic E-state index is 12.3. The van der Waals surface area contributed by atoms with Crippen LogP contribution in [0.2, 0.25) is 0 Å². The summed E-state index contributed by atoms with van der Waals surface area (Å²) in [5, 5.41) is 4.41. The largest absolute Gasteiger partial charge is 0.748 e. The molecule has 3 aromatic heterocycles. The average Bonchev–Trinajstić information content (AvgIpc) is 3.53. The number of hydrogen-bond donors (Lipinski definition) is 5. The van der Waals surface area contributed by atoms with Gasteiger partial charge in [-0.15, -0.1) is 0 Å². The molecule has 5 N–H and O–H groups in total. The van der Waals surface area contributed by atoms with Crippen LogP contribution in [-0.2, 0) is 66.5 Å². The van der Waals surface area contributed by atoms with Gasteiger partial charge in [-0.2, -0.15) is 25.3 Å². The lowest BCUT2D eigenvalue weighted by Crippen LogP contribution is -2.34. The molecule has 0 saturated heterocycles. The number of aromatic nitrogens is 3. The molecule has 5 aromatic rings. The van der Waals surface area contributed by atoms with Crippen molar-refractivity contribution in [3.05, 3.63) is 126 Å². The normalized spacial score (nSPS) is 15.0. The molecule has 454 valence electrons. The lowest BCUT2D eigenvalue weighted by atomic mass is 9.88. The maximum atomic E-state index is 12.3. The van der Waals surface area contributed by atoms with Gasteiger partial charge >= 0.3 is 0 Å². The lowest BCUT2D eigenvalue weighted by Gasteiger charge is -2.26. The van der Waals surface area contributed by atoms with Gasteiger partial charge in [0.05, 0.1) is 40.0 Å². The van der Waals surface area contributed by atoms with Gasteiger partial charge in [-0.1, -0.05) is 101 Å². The van der Waals surface area contributed by atoms with Crippen molar-refractivity contribution >= 4 is 57.2 Å². The Hall–Kier alpha value is -4.95. The van der Waals surface area contributed by atoms with Gasteiger partial charge in [0.25, 0.3) is 30.4 Å². The van der Waals surface area contributed by atoms with Crippen molar-refractivity contribution in [1.29, 1.82) is 0 Å². The lowest BCUT2D eigenvalue weighted by molar-refractivity contribution is -0.697. The van der Waals surface area contributed by atoms with Gasteiger partial charge in [0.2, 0.25) is 0 Å². The highest BCUT2D eigenvalue weighted by Gasteiger charge is 2.29. The van der Waals surface area contributed by atoms with Crippen LogP contribution in [0.15, 0.2) is 97.6 Å². The quantitative estimate of drug-likeness (QED) is 0.0127. The standard InChI is InChI=1S/C15H20N2O4S.C15H13NO4S.C15H33NO3S.C14H19NO3S/c1-21-11-3-4-14-13(9-11)12-5-7-17(10-15(12)16-14)6-2-8-22(18,19)20;17-15-13-5-2-1-4-11(13)12-6-8-16(10-14(12)15)7-3-9-21(18,19)20;1-2-3-4-5-6-7-8-9-10-11-13-16-14-12-15-20(17,18)19;16-19(17,18)12-4-9-15-10-7-14(8-11-15)13-5-2-1-3-6-13/h3-4,9,16H,2,5-8,10H2,1H3,(H,18,19,20);1-2,4-6,8,10H,3,7,9H2;16H,2-15H2,1H3,(H,17,18,19);1-2,7-8,10-11,13H,3-6,9,12H2/p+1. The van der Waals surface area contributed by atoms with E-state index in [0.717, 1.165) is 67.7 Å². The van der Waals surface area contributed by atoms with E-state index in [1.807, 2.05) is 59.6 Å². The molecule has 19 nitrogen and oxygen atoms in total. The van der Waals surface area contributed by atoms with Gasteiger partial charge in [-0.25, -0.2) is 17.6 Å². The number of carbonyl (C=O) groups excluding carboxylic acids is 1. The number of hydrogen-bond acceptors (Lipinski definition) is 13. The molecule has 4 heterocycles. The molecular weight excluding hydrogens is 1130 g/mol. The summed E-state index contributed by atoms with van der Waals surface area (Å²) in [6.07, 6.45) is 31.2. The van der Waals surface area contributed by atoms with Crippen LogP contribution in [-0.4, -0.2) is 124 Å². The Bertz CT molecular complexity index is 3280. The number of pyridine rings is 2. The topological polar surface area (TPSA) is 285 Å². The average molecular weight is 1220 g/mol. The molecule has 8 rings (SSSR count). The van der Waals surface area contributed by atoms with E-state index in [0.29, 0.717) is 68.9 Å². The van der Waals surface area contributed by atoms with Gasteiger partial charge in [-0.05, 0) is 105 Å². The Kier molecular flexibility index (Phi) is 28.2. The number of carbonyl (C=O) groups is 1. The van der Waals surface area contributed by atoms with Gasteiger partial charge in [0.1, 0.15) is 18.8 Å². The summed E-state index contributed by atoms with van der Waals surface area (Å²) < 4.78 is 130. The van der Waals surface area contributed by atoms with Crippen LogP contribution < -0.4 is 19.2 Å². The number of allylic oxidation sites excluding steroid dienone is 2. The van der Waals surface area contributed by atoms with Crippen molar-refractivity contribution in [2.45, 2.75) is 148 Å². The molecular formula is C59H86N5O14S4+. The predicted molar refractivity (Wildman–Crippen MR) is 319 cm³/mol. The van der Waals surface area contributed by atoms with Gasteiger partial charge in [-0.3, -0.25) is 23.4 Å². The third-order valence-electron chi connectivity index (χ3n) is 14.6. The van der Waals surface area contributed by atoms with E-state index in [4.69, 9.17) is 18.4 Å². The Morgan fingerprint density at radius 3 is 1.89 bits per heavy atom. The second kappa shape index (κ2) is 34.1. The minimum absolute atomic E-state index is 0.00951. The fourth-order valence-electron chi connectivity index (χ4n) is 10.3. The smallest absolute Gasteiger partial charge is 0.265 e. The van der Waals surface area contributed by atoms with E-state index < -0.39 is 40.5 Å². The van der Waals surface area contributed by atoms with Crippen molar-refractivity contribution in [3.8, 4) is 16.9 Å². The molecule has 1 aliphatic heterocycles. The summed E-state index contributed by atoms with van der Waals surface area (Å²) in [5.74, 6) is 0.537. The number of unbranched alkanes of at least 4 members (excludes halogenated alkanes) is 9. The molecule has 2 aromatic carbocycles. The molecule has 0 fully saturated rings. The number of ketones is 1. The van der Waals surface area contributed by atoms with Crippen LogP contribution >= 0.6 is 0 Å². The molecule has 82 heavy (non-hydrogen) atoms. The van der Waals surface area contributed by atoms with Gasteiger partial charge in [0, 0.05) is 77.6 Å². The van der Waals surface area contributed by atoms with Crippen molar-refractivity contribution in [2.75, 3.05) is 56.3 Å². The van der Waals surface area contributed by atoms with Crippen molar-refractivity contribution in [1.82, 2.24) is 15.2 Å². The number of rotatable bonds is 29. The second-order valence-corrected chi connectivity index (χ2v) is 27.5. The summed E-state index contributed by atoms with van der Waals surface area (Å²) in [6.45, 7) is 7.18. The number of aromatic amines is 1. The molecule has 0 amide bonds. The third kappa shape index (κ3) is 25.5. The first-order valence-electron chi connectivity index (χ1n) is 28.7. The van der Waals surface area contributed by atoms with Crippen molar-refractivity contribution < 1.29 is 70.5 Å². The molecule has 0 radical (unpaired) electrons. The van der Waals surface area contributed by atoms with Gasteiger partial charge < -0.3 is 19.6 Å². The molecule has 0 bridgehead atoms. The van der Waals surface area contributed by atoms with E-state index in [2.05, 4.69) is 52.5 Å². The number of aryl methyl sites for hydroxylation is 2. The zero-order valence-electron chi connectivity index (χ0n) is 47.6. The van der Waals surface area contributed by atoms with E-state index in [1.165, 1.54) is 86.4 Å². The van der Waals surface area contributed by atoms with E-state index in [9.17, 15) is 43.0 Å². The van der Waals surface area contributed by atoms with Crippen LogP contribution in [0.1, 0.15) is 155 Å². The predicted octanol–water partition coefficient (Wildman–Crippen LogP) is 8.78. The number of fused-ring (bicyclic) bond motifs is 6. The first kappa shape index (κ1) is 67.8. The number of nitrogens with one attached hydrogen (secondary N) is 2. The minimum Gasteiger partial charge on any atom is -0.748 e. The van der Waals surface area contributed by atoms with Crippen LogP contribution in [0.5, 0.6) is 5.75 Å². The number of ether oxygens (including phenoxy) is 1. The Balaban J connectivity index is 0.000000201. The number of methoxy groups -OCH3 is 1. The van der Waals surface area contributed by atoms with Crippen molar-refractivity contribution in [2.24, 2.45) is 0 Å². The highest BCUT2D eigenvalue weighted by atomic mass is 32.2. The summed E-state index contributed by atoms with van der Waals surface area (Å²) in [6, 6.07) is 19.5. The molecule has 2 aliphatic carbocycles. The Labute approximate surface area is 487 Å². The fourth-order valence-corrected chi connectivity index (χ4v) is 12.3. The van der Waals surface area contributed by atoms with Gasteiger partial charge in [0.15, 0.2) is 30.6 Å². The van der Waals surface area contributed by atoms with E-state index >= 15 is 0 Å². The molecule has 0 spiro atoms. The minimum atomic E-state index is -4.09. The first-order chi connectivity index (χ1) is 39.0. The van der Waals surface area contributed by atoms with Crippen LogP contribution in [0.3, 0.4) is 0 Å². The summed E-state index contributed by atoms with van der Waals surface area (Å²) in [4.78, 5) is 18.0. The zero-order chi connectivity index (χ0) is 59.6. The van der Waals surface area contributed by atoms with E-state index in [-0.39, 0.29) is 28.8 Å². The second-order valence-electron chi connectivity index (χ2n) is 21.2. The van der Waals surface area contributed by atoms with Crippen molar-refractivity contribution in [3.63, 3.8) is 0 Å². The number of benzene rings is 2. The van der Waals surface area contributed by atoms with E-state index in [1.54, 1.807) is 23.9 Å². The molecule has 1 atom stereocenters. The number of nitrogens with zero attached hydrogens (tertiary/aromatic N) is 3. The highest BCUT2D eigenvalue weighted by Crippen LogP contribution is 2.35. The molecule has 1 unspecified atom stereocenters. The maximum Gasteiger partial charge on any atom is 0.265 e. The molecule has 23 heteroatoms. The Morgan fingerprint density at radius 1 is 0.671 bits per heavy atom. The SMILES string of the molecule is CCCCCCCCCCCCNCCCS(=O)(=O)O.COc1ccc2[nH]c3c(c2c1)CCN(CCCS(=O)(=O)O)C3.O=C1c2ccccc2-c2cc[n+](CCCS(=O)(=O)O)cc21.O=S(=O)([O-])CCC[n+]1ccc(C2CC=CCC2)cc1. The number of H-pyrrole nitrogens is 1. The highest BCUT2D eigenvalue weighted by molar-refractivity contribution is 7.86. The molecule has 3 aliphatic rings. The summed E-state index contributed by atoms with van der Waals surface area (Å²) in [7, 11) is -14.0. The summed E-state index contributed by atoms with van der Waals surface area (Å²) in [5.41, 5.74) is 8.10. The Morgan fingerprint density at radius 2 is 1.26 bits per heavy atom. The fraction of sp³-hybridized carbons (Fsp3) is 0.542. The third-order valence-corrected chi connectivity index (χ3v) is 17.8. The monoisotopic (exact) mass is 1220 g/mol. The summed E-state index contributed by atoms with van der Waals surface area (Å²) >= 11 is 0. The van der Waals surface area contributed by atoms with Crippen LogP contribution in [0.25, 0.3) is 22.0 Å². The van der Waals surface area contributed by atoms with Crippen LogP contribution in [0.4, 0.5) is 0 Å². The zero-order valence-corrected chi connectivity index (χ0v) is 50.9. The first-order valence-corrected chi connectivity index (χ1v) is 35.1.